The lowest BCUT2D eigenvalue weighted by molar-refractivity contribution is -0.129. The van der Waals surface area contributed by atoms with E-state index in [1.807, 2.05) is 4.90 Å². The van der Waals surface area contributed by atoms with E-state index in [0.29, 0.717) is 22.7 Å². The molecule has 3 rings (SSSR count). The summed E-state index contributed by atoms with van der Waals surface area (Å²) in [4.78, 5) is 36.5. The number of aromatic amines is 1. The van der Waals surface area contributed by atoms with Crippen LogP contribution in [0.5, 0.6) is 0 Å². The molecule has 1 amide bonds. The van der Waals surface area contributed by atoms with Crippen LogP contribution in [-0.4, -0.2) is 39.6 Å². The van der Waals surface area contributed by atoms with Crippen molar-refractivity contribution in [3.05, 3.63) is 20.8 Å². The zero-order valence-electron chi connectivity index (χ0n) is 16.6. The number of carbonyl (C=O) groups is 1. The lowest BCUT2D eigenvalue weighted by Gasteiger charge is -2.30. The van der Waals surface area contributed by atoms with E-state index in [4.69, 9.17) is 0 Å². The van der Waals surface area contributed by atoms with Gasteiger partial charge in [0.1, 0.15) is 4.83 Å². The zero-order chi connectivity index (χ0) is 19.6. The van der Waals surface area contributed by atoms with Crippen molar-refractivity contribution < 1.29 is 4.79 Å². The van der Waals surface area contributed by atoms with Gasteiger partial charge in [0.15, 0.2) is 5.16 Å². The Bertz CT molecular complexity index is 866. The van der Waals surface area contributed by atoms with Gasteiger partial charge in [-0.3, -0.25) is 9.59 Å². The van der Waals surface area contributed by atoms with Crippen LogP contribution in [0.4, 0.5) is 0 Å². The summed E-state index contributed by atoms with van der Waals surface area (Å²) >= 11 is 2.92. The normalized spacial score (nSPS) is 16.8. The molecule has 0 saturated carbocycles. The van der Waals surface area contributed by atoms with Gasteiger partial charge in [-0.1, -0.05) is 39.0 Å². The number of nitrogens with one attached hydrogen (secondary N) is 1. The topological polar surface area (TPSA) is 66.1 Å². The summed E-state index contributed by atoms with van der Waals surface area (Å²) in [5.74, 6) is 1.70. The molecule has 0 spiro atoms. The van der Waals surface area contributed by atoms with Crippen molar-refractivity contribution in [2.75, 3.05) is 18.8 Å². The fourth-order valence-corrected chi connectivity index (χ4v) is 5.32. The zero-order valence-corrected chi connectivity index (χ0v) is 18.3. The minimum absolute atomic E-state index is 0.0793. The molecule has 1 fully saturated rings. The average Bonchev–Trinajstić information content (AvgIpc) is 2.95. The summed E-state index contributed by atoms with van der Waals surface area (Å²) in [5, 5.41) is 1.28. The number of thiophene rings is 1. The van der Waals surface area contributed by atoms with Crippen LogP contribution in [0.15, 0.2) is 9.95 Å². The van der Waals surface area contributed by atoms with Crippen molar-refractivity contribution in [1.29, 1.82) is 0 Å². The molecule has 3 heterocycles. The first-order chi connectivity index (χ1) is 12.9. The summed E-state index contributed by atoms with van der Waals surface area (Å²) in [5.41, 5.74) is 1.05. The number of hydrogen-bond donors (Lipinski definition) is 1. The number of amides is 1. The molecule has 2 aromatic rings. The Morgan fingerprint density at radius 2 is 2.11 bits per heavy atom. The van der Waals surface area contributed by atoms with E-state index in [-0.39, 0.29) is 11.5 Å². The fraction of sp³-hybridized carbons (Fsp3) is 0.650. The SMILES string of the molecule is CCC(C)Cc1c(C)sc2nc(SCC(=O)N3CCC(C)CC3)[nH]c(=O)c12. The van der Waals surface area contributed by atoms with Crippen molar-refractivity contribution in [1.82, 2.24) is 14.9 Å². The molecule has 1 aliphatic rings. The molecule has 0 radical (unpaired) electrons. The van der Waals surface area contributed by atoms with Gasteiger partial charge in [-0.05, 0) is 43.6 Å². The number of aromatic nitrogens is 2. The van der Waals surface area contributed by atoms with Crippen molar-refractivity contribution in [3.63, 3.8) is 0 Å². The molecule has 27 heavy (non-hydrogen) atoms. The molecule has 1 aliphatic heterocycles. The van der Waals surface area contributed by atoms with Crippen LogP contribution in [0, 0.1) is 18.8 Å². The lowest BCUT2D eigenvalue weighted by atomic mass is 9.98. The third kappa shape index (κ3) is 4.74. The molecule has 1 unspecified atom stereocenters. The molecule has 1 N–H and O–H groups in total. The minimum atomic E-state index is -0.0793. The molecule has 148 valence electrons. The van der Waals surface area contributed by atoms with E-state index in [1.54, 1.807) is 11.3 Å². The van der Waals surface area contributed by atoms with Gasteiger partial charge < -0.3 is 9.88 Å². The highest BCUT2D eigenvalue weighted by molar-refractivity contribution is 7.99. The molecule has 1 atom stereocenters. The van der Waals surface area contributed by atoms with Gasteiger partial charge in [0.2, 0.25) is 5.91 Å². The van der Waals surface area contributed by atoms with Gasteiger partial charge >= 0.3 is 0 Å². The van der Waals surface area contributed by atoms with E-state index in [2.05, 4.69) is 37.7 Å². The third-order valence-corrected chi connectivity index (χ3v) is 7.46. The second kappa shape index (κ2) is 8.78. The first kappa shape index (κ1) is 20.4. The molecule has 2 aromatic heterocycles. The van der Waals surface area contributed by atoms with E-state index >= 15 is 0 Å². The van der Waals surface area contributed by atoms with Gasteiger partial charge in [-0.15, -0.1) is 11.3 Å². The van der Waals surface area contributed by atoms with Crippen LogP contribution in [0.2, 0.25) is 0 Å². The number of hydrogen-bond acceptors (Lipinski definition) is 5. The van der Waals surface area contributed by atoms with Crippen LogP contribution < -0.4 is 5.56 Å². The van der Waals surface area contributed by atoms with E-state index in [9.17, 15) is 9.59 Å². The van der Waals surface area contributed by atoms with E-state index < -0.39 is 0 Å². The van der Waals surface area contributed by atoms with Crippen molar-refractivity contribution in [3.8, 4) is 0 Å². The number of fused-ring (bicyclic) bond motifs is 1. The van der Waals surface area contributed by atoms with Gasteiger partial charge in [0, 0.05) is 18.0 Å². The van der Waals surface area contributed by atoms with Crippen molar-refractivity contribution >= 4 is 39.2 Å². The van der Waals surface area contributed by atoms with Crippen molar-refractivity contribution in [2.45, 2.75) is 58.5 Å². The van der Waals surface area contributed by atoms with E-state index in [1.165, 1.54) is 16.6 Å². The Morgan fingerprint density at radius 1 is 1.41 bits per heavy atom. The van der Waals surface area contributed by atoms with Crippen LogP contribution in [0.1, 0.15) is 50.5 Å². The fourth-order valence-electron chi connectivity index (χ4n) is 3.44. The molecular formula is C20H29N3O2S2. The predicted octanol–water partition coefficient (Wildman–Crippen LogP) is 4.23. The highest BCUT2D eigenvalue weighted by Gasteiger charge is 2.21. The number of aryl methyl sites for hydroxylation is 1. The van der Waals surface area contributed by atoms with Gasteiger partial charge in [0.05, 0.1) is 11.1 Å². The van der Waals surface area contributed by atoms with Crippen LogP contribution in [-0.2, 0) is 11.2 Å². The van der Waals surface area contributed by atoms with Crippen molar-refractivity contribution in [2.24, 2.45) is 11.8 Å². The number of piperidine rings is 1. The number of carbonyl (C=O) groups excluding carboxylic acids is 1. The molecular weight excluding hydrogens is 378 g/mol. The maximum absolute atomic E-state index is 12.7. The highest BCUT2D eigenvalue weighted by atomic mass is 32.2. The van der Waals surface area contributed by atoms with Crippen LogP contribution in [0.3, 0.4) is 0 Å². The summed E-state index contributed by atoms with van der Waals surface area (Å²) < 4.78 is 0. The summed E-state index contributed by atoms with van der Waals surface area (Å²) in [7, 11) is 0. The molecule has 5 nitrogen and oxygen atoms in total. The Morgan fingerprint density at radius 3 is 2.78 bits per heavy atom. The quantitative estimate of drug-likeness (QED) is 0.575. The molecule has 1 saturated heterocycles. The second-order valence-electron chi connectivity index (χ2n) is 7.76. The lowest BCUT2D eigenvalue weighted by Crippen LogP contribution is -2.38. The maximum Gasteiger partial charge on any atom is 0.260 e. The molecule has 0 bridgehead atoms. The van der Waals surface area contributed by atoms with Gasteiger partial charge in [0.25, 0.3) is 5.56 Å². The molecule has 0 aliphatic carbocycles. The highest BCUT2D eigenvalue weighted by Crippen LogP contribution is 2.30. The monoisotopic (exact) mass is 407 g/mol. The molecule has 7 heteroatoms. The Hall–Kier alpha value is -1.34. The Kier molecular flexibility index (Phi) is 6.63. The minimum Gasteiger partial charge on any atom is -0.342 e. The first-order valence-corrected chi connectivity index (χ1v) is 11.6. The largest absolute Gasteiger partial charge is 0.342 e. The molecule has 0 aromatic carbocycles. The van der Waals surface area contributed by atoms with Gasteiger partial charge in [-0.25, -0.2) is 4.98 Å². The second-order valence-corrected chi connectivity index (χ2v) is 9.92. The summed E-state index contributed by atoms with van der Waals surface area (Å²) in [6, 6.07) is 0. The summed E-state index contributed by atoms with van der Waals surface area (Å²) in [6.07, 6.45) is 4.15. The number of likely N-dealkylation sites (tertiary alicyclic amines) is 1. The van der Waals surface area contributed by atoms with Crippen LogP contribution >= 0.6 is 23.1 Å². The maximum atomic E-state index is 12.7. The Balaban J connectivity index is 1.73. The number of nitrogens with zero attached hydrogens (tertiary/aromatic N) is 2. The van der Waals surface area contributed by atoms with Crippen LogP contribution in [0.25, 0.3) is 10.2 Å². The third-order valence-electron chi connectivity index (χ3n) is 5.56. The first-order valence-electron chi connectivity index (χ1n) is 9.81. The summed E-state index contributed by atoms with van der Waals surface area (Å²) in [6.45, 7) is 10.4. The number of thioether (sulfide) groups is 1. The average molecular weight is 408 g/mol. The van der Waals surface area contributed by atoms with Gasteiger partial charge in [-0.2, -0.15) is 0 Å². The standard InChI is InChI=1S/C20H29N3O2S2/c1-5-12(2)10-15-14(4)27-19-17(15)18(25)21-20(22-19)26-11-16(24)23-8-6-13(3)7-9-23/h12-13H,5-11H2,1-4H3,(H,21,22,25). The van der Waals surface area contributed by atoms with E-state index in [0.717, 1.165) is 54.6 Å². The predicted molar refractivity (Wildman–Crippen MR) is 114 cm³/mol. The Labute approximate surface area is 169 Å². The number of H-pyrrole nitrogens is 1. The smallest absolute Gasteiger partial charge is 0.260 e. The number of rotatable bonds is 6.